The van der Waals surface area contributed by atoms with Crippen LogP contribution in [-0.4, -0.2) is 76.8 Å². The number of amides is 1. The van der Waals surface area contributed by atoms with Crippen LogP contribution in [-0.2, 0) is 0 Å². The second-order valence-electron chi connectivity index (χ2n) is 10.1. The van der Waals surface area contributed by atoms with Gasteiger partial charge in [-0.05, 0) is 89.1 Å². The Hall–Kier alpha value is -2.48. The first-order valence-corrected chi connectivity index (χ1v) is 13.4. The van der Waals surface area contributed by atoms with Gasteiger partial charge in [0.25, 0.3) is 5.91 Å². The minimum absolute atomic E-state index is 0.207. The number of hydrogen-bond acceptors (Lipinski definition) is 6. The molecule has 3 rings (SSSR count). The van der Waals surface area contributed by atoms with Crippen LogP contribution >= 0.6 is 11.6 Å². The first-order valence-electron chi connectivity index (χ1n) is 13.0. The van der Waals surface area contributed by atoms with Crippen molar-refractivity contribution >= 4 is 17.5 Å². The molecule has 0 bridgehead atoms. The van der Waals surface area contributed by atoms with Gasteiger partial charge in [-0.3, -0.25) is 9.69 Å². The molecule has 7 nitrogen and oxygen atoms in total. The van der Waals surface area contributed by atoms with Crippen molar-refractivity contribution in [3.05, 3.63) is 51.5 Å². The first-order chi connectivity index (χ1) is 17.7. The molecule has 0 saturated carbocycles. The first kappa shape index (κ1) is 29.1. The molecular weight excluding hydrogens is 490 g/mol. The van der Waals surface area contributed by atoms with Gasteiger partial charge in [-0.15, -0.1) is 0 Å². The van der Waals surface area contributed by atoms with Crippen LogP contribution in [0.4, 0.5) is 0 Å². The summed E-state index contributed by atoms with van der Waals surface area (Å²) in [6.45, 7) is 10.9. The zero-order chi connectivity index (χ0) is 27.1. The van der Waals surface area contributed by atoms with Crippen LogP contribution in [0.15, 0.2) is 24.3 Å². The second-order valence-corrected chi connectivity index (χ2v) is 10.5. The van der Waals surface area contributed by atoms with Crippen LogP contribution in [0.1, 0.15) is 52.9 Å². The van der Waals surface area contributed by atoms with Crippen molar-refractivity contribution in [3.63, 3.8) is 0 Å². The van der Waals surface area contributed by atoms with Crippen LogP contribution < -0.4 is 19.5 Å². The van der Waals surface area contributed by atoms with Gasteiger partial charge in [-0.1, -0.05) is 17.7 Å². The minimum atomic E-state index is -0.207. The fourth-order valence-electron chi connectivity index (χ4n) is 4.79. The number of hydrogen-bond donors (Lipinski definition) is 1. The van der Waals surface area contributed by atoms with Crippen molar-refractivity contribution in [2.24, 2.45) is 5.92 Å². The highest BCUT2D eigenvalue weighted by atomic mass is 35.5. The van der Waals surface area contributed by atoms with Crippen LogP contribution in [0.25, 0.3) is 0 Å². The van der Waals surface area contributed by atoms with E-state index < -0.39 is 0 Å². The van der Waals surface area contributed by atoms with E-state index in [-0.39, 0.29) is 10.9 Å². The maximum absolute atomic E-state index is 12.8. The van der Waals surface area contributed by atoms with Gasteiger partial charge in [0.2, 0.25) is 0 Å². The van der Waals surface area contributed by atoms with E-state index in [4.69, 9.17) is 25.8 Å². The molecule has 2 aromatic rings. The highest BCUT2D eigenvalue weighted by Crippen LogP contribution is 2.37. The summed E-state index contributed by atoms with van der Waals surface area (Å²) < 4.78 is 16.6. The average molecular weight is 532 g/mol. The molecule has 1 saturated heterocycles. The van der Waals surface area contributed by atoms with Gasteiger partial charge in [-0.2, -0.15) is 0 Å². The molecule has 37 heavy (non-hydrogen) atoms. The number of ether oxygens (including phenoxy) is 3. The zero-order valence-corrected chi connectivity index (χ0v) is 24.1. The quantitative estimate of drug-likeness (QED) is 0.362. The summed E-state index contributed by atoms with van der Waals surface area (Å²) in [5.41, 5.74) is 4.22. The number of benzene rings is 2. The molecule has 0 aromatic heterocycles. The number of nitrogens with zero attached hydrogens (tertiary/aromatic N) is 2. The number of rotatable bonds is 13. The van der Waals surface area contributed by atoms with Gasteiger partial charge in [0.1, 0.15) is 5.75 Å². The monoisotopic (exact) mass is 531 g/mol. The number of halogens is 1. The highest BCUT2D eigenvalue weighted by molar-refractivity contribution is 6.35. The molecule has 0 aliphatic carbocycles. The molecule has 1 heterocycles. The summed E-state index contributed by atoms with van der Waals surface area (Å²) in [4.78, 5) is 17.4. The van der Waals surface area contributed by atoms with E-state index in [9.17, 15) is 4.79 Å². The van der Waals surface area contributed by atoms with Crippen molar-refractivity contribution in [1.29, 1.82) is 0 Å². The van der Waals surface area contributed by atoms with Gasteiger partial charge in [-0.25, -0.2) is 0 Å². The molecule has 1 atom stereocenters. The molecule has 204 valence electrons. The number of carbonyl (C=O) groups excluding carboxylic acids is 1. The van der Waals surface area contributed by atoms with E-state index in [2.05, 4.69) is 62.1 Å². The molecule has 1 fully saturated rings. The Bertz CT molecular complexity index is 1070. The van der Waals surface area contributed by atoms with Gasteiger partial charge < -0.3 is 24.4 Å². The fourth-order valence-corrected chi connectivity index (χ4v) is 5.11. The normalized spacial score (nSPS) is 14.8. The fraction of sp³-hybridized carbons (Fsp3) is 0.552. The number of likely N-dealkylation sites (tertiary alicyclic amines) is 1. The molecule has 1 unspecified atom stereocenters. The van der Waals surface area contributed by atoms with E-state index in [0.29, 0.717) is 35.6 Å². The molecule has 8 heteroatoms. The predicted molar refractivity (Wildman–Crippen MR) is 150 cm³/mol. The average Bonchev–Trinajstić information content (AvgIpc) is 2.84. The molecule has 1 N–H and O–H groups in total. The summed E-state index contributed by atoms with van der Waals surface area (Å²) in [7, 11) is 7.24. The van der Waals surface area contributed by atoms with Crippen molar-refractivity contribution in [3.8, 4) is 17.2 Å². The van der Waals surface area contributed by atoms with Gasteiger partial charge in [0, 0.05) is 31.6 Å². The van der Waals surface area contributed by atoms with E-state index in [1.165, 1.54) is 30.9 Å². The molecule has 0 spiro atoms. The Labute approximate surface area is 227 Å². The molecular formula is C29H42ClN3O4. The lowest BCUT2D eigenvalue weighted by molar-refractivity contribution is 0.0569. The molecule has 2 aromatic carbocycles. The summed E-state index contributed by atoms with van der Waals surface area (Å²) in [5.74, 6) is 2.04. The third-order valence-corrected chi connectivity index (χ3v) is 7.68. The second kappa shape index (κ2) is 13.4. The van der Waals surface area contributed by atoms with Crippen LogP contribution in [0.2, 0.25) is 5.02 Å². The number of unbranched alkanes of at least 4 members (excludes halogenated alkanes) is 1. The Morgan fingerprint density at radius 3 is 2.43 bits per heavy atom. The Morgan fingerprint density at radius 2 is 1.78 bits per heavy atom. The minimum Gasteiger partial charge on any atom is -0.493 e. The largest absolute Gasteiger partial charge is 0.493 e. The van der Waals surface area contributed by atoms with E-state index >= 15 is 0 Å². The lowest BCUT2D eigenvalue weighted by atomic mass is 9.91. The van der Waals surface area contributed by atoms with E-state index in [1.807, 2.05) is 0 Å². The third kappa shape index (κ3) is 7.09. The number of methoxy groups -OCH3 is 2. The van der Waals surface area contributed by atoms with Crippen LogP contribution in [0, 0.1) is 19.8 Å². The maximum Gasteiger partial charge on any atom is 0.252 e. The van der Waals surface area contributed by atoms with Gasteiger partial charge >= 0.3 is 0 Å². The maximum atomic E-state index is 12.8. The number of nitrogens with one attached hydrogen (secondary N) is 1. The standard InChI is InChI=1S/C29H42ClN3O4/c1-19-20(2)25(37-15-9-8-14-32(4)5)12-10-23(19)21(3)33-17-22(18-33)16-31-29(34)24-11-13-26(35-6)28(36-7)27(24)30/h10-13,21-22H,8-9,14-18H2,1-7H3,(H,31,34). The predicted octanol–water partition coefficient (Wildman–Crippen LogP) is 5.12. The summed E-state index contributed by atoms with van der Waals surface area (Å²) in [5, 5.41) is 3.29. The van der Waals surface area contributed by atoms with Crippen molar-refractivity contribution in [2.45, 2.75) is 39.7 Å². The van der Waals surface area contributed by atoms with Crippen molar-refractivity contribution in [1.82, 2.24) is 15.1 Å². The lowest BCUT2D eigenvalue weighted by Crippen LogP contribution is -2.52. The SMILES string of the molecule is COc1ccc(C(=O)NCC2CN(C(C)c3ccc(OCCCCN(C)C)c(C)c3C)C2)c(Cl)c1OC. The molecule has 0 radical (unpaired) electrons. The van der Waals surface area contributed by atoms with Crippen molar-refractivity contribution < 1.29 is 19.0 Å². The third-order valence-electron chi connectivity index (χ3n) is 7.30. The topological polar surface area (TPSA) is 63.3 Å². The molecule has 1 amide bonds. The molecule has 1 aliphatic rings. The van der Waals surface area contributed by atoms with Crippen molar-refractivity contribution in [2.75, 3.05) is 61.1 Å². The summed E-state index contributed by atoms with van der Waals surface area (Å²) >= 11 is 6.39. The summed E-state index contributed by atoms with van der Waals surface area (Å²) in [6.07, 6.45) is 2.19. The summed E-state index contributed by atoms with van der Waals surface area (Å²) in [6, 6.07) is 7.98. The van der Waals surface area contributed by atoms with Crippen LogP contribution in [0.5, 0.6) is 17.2 Å². The zero-order valence-electron chi connectivity index (χ0n) is 23.3. The van der Waals surface area contributed by atoms with Gasteiger partial charge in [0.05, 0.1) is 31.4 Å². The van der Waals surface area contributed by atoms with Crippen LogP contribution in [0.3, 0.4) is 0 Å². The number of carbonyl (C=O) groups is 1. The smallest absolute Gasteiger partial charge is 0.252 e. The Balaban J connectivity index is 1.49. The lowest BCUT2D eigenvalue weighted by Gasteiger charge is -2.44. The highest BCUT2D eigenvalue weighted by Gasteiger charge is 2.32. The Morgan fingerprint density at radius 1 is 1.08 bits per heavy atom. The Kier molecular flexibility index (Phi) is 10.5. The van der Waals surface area contributed by atoms with E-state index in [0.717, 1.165) is 44.8 Å². The van der Waals surface area contributed by atoms with E-state index in [1.54, 1.807) is 12.1 Å². The van der Waals surface area contributed by atoms with Gasteiger partial charge in [0.15, 0.2) is 11.5 Å². The molecule has 1 aliphatic heterocycles.